The second-order valence-corrected chi connectivity index (χ2v) is 5.83. The van der Waals surface area contributed by atoms with E-state index in [2.05, 4.69) is 5.32 Å². The molecule has 1 amide bonds. The van der Waals surface area contributed by atoms with Gasteiger partial charge in [0.1, 0.15) is 17.0 Å². The van der Waals surface area contributed by atoms with Crippen LogP contribution in [0.4, 0.5) is 5.69 Å². The van der Waals surface area contributed by atoms with E-state index in [-0.39, 0.29) is 5.69 Å². The number of carbonyl (C=O) groups is 1. The summed E-state index contributed by atoms with van der Waals surface area (Å²) < 4.78 is 10.5. The van der Waals surface area contributed by atoms with Crippen LogP contribution in [0, 0.1) is 0 Å². The topological polar surface area (TPSA) is 68.5 Å². The molecule has 0 radical (unpaired) electrons. The van der Waals surface area contributed by atoms with Crippen LogP contribution in [0.15, 0.2) is 75.9 Å². The Labute approximate surface area is 148 Å². The highest BCUT2D eigenvalue weighted by Crippen LogP contribution is 2.26. The number of methoxy groups -OCH3 is 1. The zero-order valence-electron chi connectivity index (χ0n) is 14.0. The number of rotatable bonds is 3. The summed E-state index contributed by atoms with van der Waals surface area (Å²) in [5.74, 6) is 0.157. The summed E-state index contributed by atoms with van der Waals surface area (Å²) in [6, 6.07) is 19.8. The molecule has 26 heavy (non-hydrogen) atoms. The first kappa shape index (κ1) is 15.9. The molecule has 0 aliphatic rings. The number of amides is 1. The number of anilines is 1. The lowest BCUT2D eigenvalue weighted by atomic mass is 10.1. The second-order valence-electron chi connectivity index (χ2n) is 5.83. The van der Waals surface area contributed by atoms with Gasteiger partial charge in [-0.15, -0.1) is 0 Å². The number of nitrogens with one attached hydrogen (secondary N) is 1. The number of carbonyl (C=O) groups excluding carboxylic acids is 1. The molecule has 0 bridgehead atoms. The maximum atomic E-state index is 12.5. The average Bonchev–Trinajstić information content (AvgIpc) is 2.68. The summed E-state index contributed by atoms with van der Waals surface area (Å²) in [4.78, 5) is 24.7. The zero-order valence-corrected chi connectivity index (χ0v) is 14.0. The van der Waals surface area contributed by atoms with Crippen LogP contribution < -0.4 is 15.7 Å². The minimum atomic E-state index is -0.593. The zero-order chi connectivity index (χ0) is 18.1. The molecule has 4 aromatic rings. The second kappa shape index (κ2) is 6.37. The molecule has 0 saturated carbocycles. The number of hydrogen-bond donors (Lipinski definition) is 1. The van der Waals surface area contributed by atoms with Crippen molar-refractivity contribution in [2.45, 2.75) is 0 Å². The van der Waals surface area contributed by atoms with Gasteiger partial charge < -0.3 is 14.5 Å². The van der Waals surface area contributed by atoms with E-state index < -0.39 is 11.5 Å². The lowest BCUT2D eigenvalue weighted by Crippen LogP contribution is -2.17. The number of fused-ring (bicyclic) bond motifs is 3. The summed E-state index contributed by atoms with van der Waals surface area (Å²) >= 11 is 0. The minimum absolute atomic E-state index is 0.0988. The van der Waals surface area contributed by atoms with Crippen LogP contribution in [0.5, 0.6) is 5.75 Å². The van der Waals surface area contributed by atoms with Crippen LogP contribution in [0.25, 0.3) is 21.7 Å². The largest absolute Gasteiger partial charge is 0.497 e. The first-order valence-electron chi connectivity index (χ1n) is 8.07. The van der Waals surface area contributed by atoms with Gasteiger partial charge in [0.05, 0.1) is 7.11 Å². The number of hydrogen-bond acceptors (Lipinski definition) is 4. The van der Waals surface area contributed by atoms with E-state index in [0.717, 1.165) is 16.2 Å². The first-order chi connectivity index (χ1) is 12.7. The molecule has 0 saturated heterocycles. The van der Waals surface area contributed by atoms with Gasteiger partial charge in [0.2, 0.25) is 0 Å². The lowest BCUT2D eigenvalue weighted by Gasteiger charge is -2.08. The Kier molecular flexibility index (Phi) is 3.89. The Morgan fingerprint density at radius 3 is 2.65 bits per heavy atom. The number of ether oxygens (including phenoxy) is 1. The molecule has 128 valence electrons. The van der Waals surface area contributed by atoms with Crippen molar-refractivity contribution in [3.63, 3.8) is 0 Å². The third kappa shape index (κ3) is 2.80. The highest BCUT2D eigenvalue weighted by molar-refractivity contribution is 6.08. The molecule has 0 atom stereocenters. The summed E-state index contributed by atoms with van der Waals surface area (Å²) in [6.07, 6.45) is 0. The predicted molar refractivity (Wildman–Crippen MR) is 101 cm³/mol. The molecule has 4 rings (SSSR count). The minimum Gasteiger partial charge on any atom is -0.497 e. The van der Waals surface area contributed by atoms with Crippen molar-refractivity contribution in [2.75, 3.05) is 12.4 Å². The lowest BCUT2D eigenvalue weighted by molar-refractivity contribution is 0.102. The third-order valence-electron chi connectivity index (χ3n) is 4.22. The van der Waals surface area contributed by atoms with Crippen LogP contribution >= 0.6 is 0 Å². The monoisotopic (exact) mass is 345 g/mol. The van der Waals surface area contributed by atoms with Crippen LogP contribution in [-0.4, -0.2) is 13.0 Å². The van der Waals surface area contributed by atoms with Crippen molar-refractivity contribution in [1.29, 1.82) is 0 Å². The van der Waals surface area contributed by atoms with Crippen LogP contribution in [0.2, 0.25) is 0 Å². The van der Waals surface area contributed by atoms with Gasteiger partial charge in [0.25, 0.3) is 5.91 Å². The van der Waals surface area contributed by atoms with E-state index in [1.165, 1.54) is 7.11 Å². The molecule has 5 nitrogen and oxygen atoms in total. The fourth-order valence-electron chi connectivity index (χ4n) is 2.92. The summed E-state index contributed by atoms with van der Waals surface area (Å²) in [7, 11) is 1.53. The molecule has 1 heterocycles. The Bertz CT molecular complexity index is 1190. The molecule has 0 spiro atoms. The molecular weight excluding hydrogens is 330 g/mol. The smallest absolute Gasteiger partial charge is 0.360 e. The highest BCUT2D eigenvalue weighted by atomic mass is 16.5. The van der Waals surface area contributed by atoms with Gasteiger partial charge in [-0.05, 0) is 41.1 Å². The van der Waals surface area contributed by atoms with Crippen molar-refractivity contribution >= 4 is 33.3 Å². The molecule has 0 fully saturated rings. The Hall–Kier alpha value is -3.60. The van der Waals surface area contributed by atoms with Crippen LogP contribution in [0.1, 0.15) is 10.4 Å². The van der Waals surface area contributed by atoms with E-state index in [4.69, 9.17) is 9.15 Å². The van der Waals surface area contributed by atoms with Gasteiger partial charge >= 0.3 is 5.63 Å². The quantitative estimate of drug-likeness (QED) is 0.446. The molecule has 1 aromatic heterocycles. The van der Waals surface area contributed by atoms with Crippen molar-refractivity contribution in [3.8, 4) is 5.75 Å². The standard InChI is InChI=1S/C21H15NO4/c1-25-15-7-4-6-14(11-15)20(23)22-18-12-17-16-8-3-2-5-13(16)9-10-19(17)26-21(18)24/h2-12H,1H3,(H,22,23). The third-order valence-corrected chi connectivity index (χ3v) is 4.22. The van der Waals surface area contributed by atoms with Crippen molar-refractivity contribution in [2.24, 2.45) is 0 Å². The highest BCUT2D eigenvalue weighted by Gasteiger charge is 2.13. The molecule has 0 aliphatic carbocycles. The maximum Gasteiger partial charge on any atom is 0.360 e. The Balaban J connectivity index is 1.78. The van der Waals surface area contributed by atoms with Gasteiger partial charge in [0.15, 0.2) is 0 Å². The normalized spacial score (nSPS) is 10.8. The van der Waals surface area contributed by atoms with Gasteiger partial charge in [0, 0.05) is 10.9 Å². The fraction of sp³-hybridized carbons (Fsp3) is 0.0476. The van der Waals surface area contributed by atoms with Gasteiger partial charge in [-0.25, -0.2) is 4.79 Å². The van der Waals surface area contributed by atoms with E-state index in [1.54, 1.807) is 36.4 Å². The van der Waals surface area contributed by atoms with Gasteiger partial charge in [-0.3, -0.25) is 4.79 Å². The van der Waals surface area contributed by atoms with E-state index in [9.17, 15) is 9.59 Å². The molecular formula is C21H15NO4. The van der Waals surface area contributed by atoms with E-state index >= 15 is 0 Å². The predicted octanol–water partition coefficient (Wildman–Crippen LogP) is 4.21. The van der Waals surface area contributed by atoms with Crippen molar-refractivity contribution < 1.29 is 13.9 Å². The molecule has 3 aromatic carbocycles. The van der Waals surface area contributed by atoms with Gasteiger partial charge in [-0.1, -0.05) is 36.4 Å². The van der Waals surface area contributed by atoms with Crippen molar-refractivity contribution in [1.82, 2.24) is 0 Å². The SMILES string of the molecule is COc1cccc(C(=O)Nc2cc3c(ccc4ccccc43)oc2=O)c1. The summed E-state index contributed by atoms with van der Waals surface area (Å²) in [5, 5.41) is 5.38. The van der Waals surface area contributed by atoms with Gasteiger partial charge in [-0.2, -0.15) is 0 Å². The molecule has 5 heteroatoms. The Morgan fingerprint density at radius 2 is 1.81 bits per heavy atom. The average molecular weight is 345 g/mol. The van der Waals surface area contributed by atoms with E-state index in [1.807, 2.05) is 30.3 Å². The van der Waals surface area contributed by atoms with Crippen LogP contribution in [0.3, 0.4) is 0 Å². The molecule has 0 unspecified atom stereocenters. The summed E-state index contributed by atoms with van der Waals surface area (Å²) in [6.45, 7) is 0. The van der Waals surface area contributed by atoms with Crippen LogP contribution in [-0.2, 0) is 0 Å². The summed E-state index contributed by atoms with van der Waals surface area (Å²) in [5.41, 5.74) is 0.376. The molecule has 0 aliphatic heterocycles. The first-order valence-corrected chi connectivity index (χ1v) is 8.07. The fourth-order valence-corrected chi connectivity index (χ4v) is 2.92. The Morgan fingerprint density at radius 1 is 0.962 bits per heavy atom. The number of benzene rings is 3. The molecule has 1 N–H and O–H groups in total. The van der Waals surface area contributed by atoms with E-state index in [0.29, 0.717) is 16.9 Å². The maximum absolute atomic E-state index is 12.5. The van der Waals surface area contributed by atoms with Crippen molar-refractivity contribution in [3.05, 3.63) is 82.7 Å².